The van der Waals surface area contributed by atoms with Crippen LogP contribution >= 0.6 is 0 Å². The number of aliphatic hydroxyl groups excluding tert-OH is 2. The first-order valence-corrected chi connectivity index (χ1v) is 12.5. The number of carboxylic acid groups (broad SMARTS) is 1. The van der Waals surface area contributed by atoms with Crippen molar-refractivity contribution < 1.29 is 34.5 Å². The number of unbranched alkanes of at least 4 members (excludes halogenated alkanes) is 1. The minimum absolute atomic E-state index is 0.00184. The van der Waals surface area contributed by atoms with Crippen LogP contribution in [0.25, 0.3) is 10.9 Å². The molecule has 38 heavy (non-hydrogen) atoms. The van der Waals surface area contributed by atoms with E-state index < -0.39 is 60.1 Å². The van der Waals surface area contributed by atoms with Crippen LogP contribution in [0.1, 0.15) is 38.7 Å². The number of fused-ring (bicyclic) bond motifs is 1. The zero-order valence-electron chi connectivity index (χ0n) is 21.5. The SMILES string of the molecule is CC(O)C(N)C(=O)NC(C(=O)NC(CCCCN)C(=O)NC(Cc1c[nH]c2ccccc12)C(=O)O)C(C)O. The zero-order valence-corrected chi connectivity index (χ0v) is 21.5. The Bertz CT molecular complexity index is 1100. The molecule has 11 N–H and O–H groups in total. The van der Waals surface area contributed by atoms with E-state index in [2.05, 4.69) is 20.9 Å². The number of aromatic nitrogens is 1. The number of carboxylic acids is 1. The summed E-state index contributed by atoms with van der Waals surface area (Å²) in [4.78, 5) is 53.4. The van der Waals surface area contributed by atoms with Gasteiger partial charge in [-0.2, -0.15) is 0 Å². The normalized spacial score (nSPS) is 16.1. The lowest BCUT2D eigenvalue weighted by atomic mass is 10.0. The molecule has 2 rings (SSSR count). The van der Waals surface area contributed by atoms with Crippen molar-refractivity contribution in [3.63, 3.8) is 0 Å². The van der Waals surface area contributed by atoms with Crippen molar-refractivity contribution in [3.05, 3.63) is 36.0 Å². The van der Waals surface area contributed by atoms with Crippen LogP contribution in [0.5, 0.6) is 0 Å². The van der Waals surface area contributed by atoms with Crippen molar-refractivity contribution in [2.75, 3.05) is 6.54 Å². The van der Waals surface area contributed by atoms with E-state index in [4.69, 9.17) is 11.5 Å². The number of amides is 3. The Morgan fingerprint density at radius 3 is 2.18 bits per heavy atom. The highest BCUT2D eigenvalue weighted by Crippen LogP contribution is 2.19. The summed E-state index contributed by atoms with van der Waals surface area (Å²) in [6.07, 6.45) is 0.264. The molecule has 13 heteroatoms. The lowest BCUT2D eigenvalue weighted by Gasteiger charge is -2.27. The summed E-state index contributed by atoms with van der Waals surface area (Å²) in [6, 6.07) is 2.09. The summed E-state index contributed by atoms with van der Waals surface area (Å²) in [7, 11) is 0. The van der Waals surface area contributed by atoms with Crippen LogP contribution in [-0.4, -0.2) is 86.9 Å². The summed E-state index contributed by atoms with van der Waals surface area (Å²) in [5.41, 5.74) is 12.7. The highest BCUT2D eigenvalue weighted by Gasteiger charge is 2.33. The molecule has 0 spiro atoms. The van der Waals surface area contributed by atoms with Gasteiger partial charge in [-0.1, -0.05) is 18.2 Å². The second-order valence-corrected chi connectivity index (χ2v) is 9.30. The van der Waals surface area contributed by atoms with E-state index in [1.54, 1.807) is 6.20 Å². The van der Waals surface area contributed by atoms with Crippen LogP contribution in [0.4, 0.5) is 0 Å². The predicted octanol–water partition coefficient (Wildman–Crippen LogP) is -1.53. The number of aliphatic hydroxyl groups is 2. The molecule has 13 nitrogen and oxygen atoms in total. The van der Waals surface area contributed by atoms with Gasteiger partial charge in [0.2, 0.25) is 17.7 Å². The van der Waals surface area contributed by atoms with Crippen molar-refractivity contribution in [2.24, 2.45) is 11.5 Å². The molecule has 1 heterocycles. The zero-order chi connectivity index (χ0) is 28.4. The summed E-state index contributed by atoms with van der Waals surface area (Å²) in [5.74, 6) is -3.73. The van der Waals surface area contributed by atoms with Crippen LogP contribution in [0, 0.1) is 0 Å². The van der Waals surface area contributed by atoms with E-state index in [1.807, 2.05) is 24.3 Å². The first-order chi connectivity index (χ1) is 18.0. The van der Waals surface area contributed by atoms with E-state index in [-0.39, 0.29) is 12.8 Å². The van der Waals surface area contributed by atoms with Crippen LogP contribution in [0.15, 0.2) is 30.5 Å². The van der Waals surface area contributed by atoms with Gasteiger partial charge in [0.15, 0.2) is 0 Å². The number of nitrogens with one attached hydrogen (secondary N) is 4. The summed E-state index contributed by atoms with van der Waals surface area (Å²) in [5, 5.41) is 37.5. The smallest absolute Gasteiger partial charge is 0.326 e. The topological polar surface area (TPSA) is 233 Å². The monoisotopic (exact) mass is 534 g/mol. The first-order valence-electron chi connectivity index (χ1n) is 12.5. The van der Waals surface area contributed by atoms with Crippen molar-refractivity contribution in [2.45, 2.75) is 75.9 Å². The maximum Gasteiger partial charge on any atom is 0.326 e. The maximum atomic E-state index is 13.2. The van der Waals surface area contributed by atoms with E-state index >= 15 is 0 Å². The van der Waals surface area contributed by atoms with Gasteiger partial charge in [-0.05, 0) is 51.3 Å². The summed E-state index contributed by atoms with van der Waals surface area (Å²) < 4.78 is 0. The minimum atomic E-state index is -1.47. The lowest BCUT2D eigenvalue weighted by Crippen LogP contribution is -2.60. The van der Waals surface area contributed by atoms with Crippen molar-refractivity contribution in [1.82, 2.24) is 20.9 Å². The third kappa shape index (κ3) is 8.52. The Balaban J connectivity index is 2.18. The van der Waals surface area contributed by atoms with Gasteiger partial charge >= 0.3 is 5.97 Å². The second kappa shape index (κ2) is 14.4. The fourth-order valence-electron chi connectivity index (χ4n) is 3.89. The number of hydrogen-bond acceptors (Lipinski definition) is 8. The van der Waals surface area contributed by atoms with Gasteiger partial charge < -0.3 is 47.7 Å². The largest absolute Gasteiger partial charge is 0.480 e. The van der Waals surface area contributed by atoms with Gasteiger partial charge in [0.1, 0.15) is 24.2 Å². The average molecular weight is 535 g/mol. The highest BCUT2D eigenvalue weighted by atomic mass is 16.4. The number of benzene rings is 1. The Hall–Kier alpha value is -3.52. The number of nitrogens with two attached hydrogens (primary N) is 2. The molecule has 0 aliphatic heterocycles. The molecule has 0 radical (unpaired) electrons. The van der Waals surface area contributed by atoms with Gasteiger partial charge in [0.25, 0.3) is 0 Å². The summed E-state index contributed by atoms with van der Waals surface area (Å²) in [6.45, 7) is 2.92. The number of aliphatic carboxylic acids is 1. The molecule has 1 aromatic carbocycles. The quantitative estimate of drug-likeness (QED) is 0.120. The number of para-hydroxylation sites is 1. The van der Waals surface area contributed by atoms with Crippen molar-refractivity contribution >= 4 is 34.6 Å². The molecular formula is C25H38N6O7. The molecule has 0 aliphatic carbocycles. The molecule has 0 saturated carbocycles. The molecule has 0 aliphatic rings. The lowest BCUT2D eigenvalue weighted by molar-refractivity contribution is -0.142. The number of carbonyl (C=O) groups is 4. The Kier molecular flexibility index (Phi) is 11.7. The molecule has 0 saturated heterocycles. The predicted molar refractivity (Wildman–Crippen MR) is 140 cm³/mol. The molecule has 0 fully saturated rings. The Morgan fingerprint density at radius 2 is 1.58 bits per heavy atom. The van der Waals surface area contributed by atoms with E-state index in [0.717, 1.165) is 10.9 Å². The number of H-pyrrole nitrogens is 1. The second-order valence-electron chi connectivity index (χ2n) is 9.30. The van der Waals surface area contributed by atoms with E-state index in [1.165, 1.54) is 13.8 Å². The highest BCUT2D eigenvalue weighted by molar-refractivity contribution is 5.94. The molecule has 6 atom stereocenters. The Morgan fingerprint density at radius 1 is 0.921 bits per heavy atom. The molecule has 210 valence electrons. The average Bonchev–Trinajstić information content (AvgIpc) is 3.27. The fourth-order valence-corrected chi connectivity index (χ4v) is 3.89. The number of rotatable bonds is 15. The molecular weight excluding hydrogens is 496 g/mol. The maximum absolute atomic E-state index is 13.2. The third-order valence-electron chi connectivity index (χ3n) is 6.18. The van der Waals surface area contributed by atoms with Crippen LogP contribution in [0.2, 0.25) is 0 Å². The van der Waals surface area contributed by atoms with Gasteiger partial charge in [-0.3, -0.25) is 14.4 Å². The standard InChI is InChI=1S/C25H38N6O7/c1-13(32)20(27)23(35)31-21(14(2)33)24(36)29-18(9-5-6-10-26)22(34)30-19(25(37)38)11-15-12-28-17-8-4-3-7-16(15)17/h3-4,7-8,12-14,18-21,28,32-33H,5-6,9-11,26-27H2,1-2H3,(H,29,36)(H,30,34)(H,31,35)(H,37,38). The van der Waals surface area contributed by atoms with Crippen LogP contribution < -0.4 is 27.4 Å². The molecule has 6 unspecified atom stereocenters. The van der Waals surface area contributed by atoms with Gasteiger partial charge in [0, 0.05) is 23.5 Å². The summed E-state index contributed by atoms with van der Waals surface area (Å²) >= 11 is 0. The third-order valence-corrected chi connectivity index (χ3v) is 6.18. The molecule has 1 aromatic heterocycles. The van der Waals surface area contributed by atoms with Crippen LogP contribution in [0.3, 0.4) is 0 Å². The fraction of sp³-hybridized carbons (Fsp3) is 0.520. The van der Waals surface area contributed by atoms with Crippen molar-refractivity contribution in [1.29, 1.82) is 0 Å². The minimum Gasteiger partial charge on any atom is -0.480 e. The number of carbonyl (C=O) groups excluding carboxylic acids is 3. The van der Waals surface area contributed by atoms with Crippen molar-refractivity contribution in [3.8, 4) is 0 Å². The molecule has 3 amide bonds. The molecule has 2 aromatic rings. The van der Waals surface area contributed by atoms with Crippen LogP contribution in [-0.2, 0) is 25.6 Å². The number of hydrogen-bond donors (Lipinski definition) is 9. The first kappa shape index (κ1) is 30.7. The Labute approximate surface area is 220 Å². The van der Waals surface area contributed by atoms with Gasteiger partial charge in [-0.15, -0.1) is 0 Å². The number of aromatic amines is 1. The molecule has 0 bridgehead atoms. The van der Waals surface area contributed by atoms with E-state index in [0.29, 0.717) is 24.9 Å². The van der Waals surface area contributed by atoms with E-state index in [9.17, 15) is 34.5 Å². The van der Waals surface area contributed by atoms with Gasteiger partial charge in [-0.25, -0.2) is 4.79 Å². The van der Waals surface area contributed by atoms with Gasteiger partial charge in [0.05, 0.1) is 12.2 Å².